The van der Waals surface area contributed by atoms with Crippen LogP contribution in [0.4, 0.5) is 0 Å². The van der Waals surface area contributed by atoms with Crippen molar-refractivity contribution in [2.24, 2.45) is 0 Å². The summed E-state index contributed by atoms with van der Waals surface area (Å²) in [5.41, 5.74) is 0.894. The van der Waals surface area contributed by atoms with Crippen LogP contribution in [0, 0.1) is 24.7 Å². The summed E-state index contributed by atoms with van der Waals surface area (Å²) in [6.07, 6.45) is 10.9. The fourth-order valence-corrected chi connectivity index (χ4v) is 5.17. The topological polar surface area (TPSA) is 0 Å². The van der Waals surface area contributed by atoms with Gasteiger partial charge < -0.3 is 0 Å². The minimum Gasteiger partial charge on any atom is -0.133 e. The first-order valence-corrected chi connectivity index (χ1v) is 6.72. The lowest BCUT2D eigenvalue weighted by Crippen LogP contribution is -1.70. The SMILES string of the molecule is C#Cc1sc2c(sc3sccc32)c1C#C. The molecule has 3 aromatic rings. The van der Waals surface area contributed by atoms with Gasteiger partial charge in [0.15, 0.2) is 0 Å². The first-order valence-electron chi connectivity index (χ1n) is 4.21. The molecule has 0 fully saturated rings. The molecule has 0 nitrogen and oxygen atoms in total. The molecule has 3 heteroatoms. The number of hydrogen-bond acceptors (Lipinski definition) is 3. The van der Waals surface area contributed by atoms with Gasteiger partial charge in [-0.15, -0.1) is 46.9 Å². The van der Waals surface area contributed by atoms with Gasteiger partial charge in [-0.3, -0.25) is 0 Å². The molecule has 0 saturated heterocycles. The van der Waals surface area contributed by atoms with Crippen LogP contribution in [-0.4, -0.2) is 0 Å². The number of rotatable bonds is 0. The Kier molecular flexibility index (Phi) is 1.87. The molecule has 0 aromatic carbocycles. The number of hydrogen-bond donors (Lipinski definition) is 0. The molecule has 0 bridgehead atoms. The molecule has 0 saturated carbocycles. The fraction of sp³-hybridized carbons (Fsp3) is 0. The van der Waals surface area contributed by atoms with E-state index in [1.165, 1.54) is 18.8 Å². The van der Waals surface area contributed by atoms with Crippen molar-refractivity contribution < 1.29 is 0 Å². The molecule has 0 radical (unpaired) electrons. The molecule has 0 aliphatic heterocycles. The van der Waals surface area contributed by atoms with Gasteiger partial charge in [0, 0.05) is 5.39 Å². The fourth-order valence-electron chi connectivity index (χ4n) is 1.56. The highest BCUT2D eigenvalue weighted by Crippen LogP contribution is 2.44. The highest BCUT2D eigenvalue weighted by molar-refractivity contribution is 7.43. The van der Waals surface area contributed by atoms with E-state index in [1.54, 1.807) is 34.0 Å². The Morgan fingerprint density at radius 1 is 1.07 bits per heavy atom. The van der Waals surface area contributed by atoms with Gasteiger partial charge in [-0.2, -0.15) is 0 Å². The normalized spacial score (nSPS) is 10.5. The van der Waals surface area contributed by atoms with Crippen LogP contribution >= 0.6 is 34.0 Å². The van der Waals surface area contributed by atoms with E-state index in [0.717, 1.165) is 10.4 Å². The minimum atomic E-state index is 0.881. The van der Waals surface area contributed by atoms with Gasteiger partial charge in [-0.25, -0.2) is 0 Å². The van der Waals surface area contributed by atoms with Crippen LogP contribution in [0.15, 0.2) is 11.4 Å². The van der Waals surface area contributed by atoms with E-state index in [-0.39, 0.29) is 0 Å². The van der Waals surface area contributed by atoms with Crippen molar-refractivity contribution in [3.8, 4) is 24.7 Å². The van der Waals surface area contributed by atoms with Crippen molar-refractivity contribution >= 4 is 52.8 Å². The van der Waals surface area contributed by atoms with Gasteiger partial charge in [0.05, 0.1) is 23.9 Å². The monoisotopic (exact) mass is 244 g/mol. The second-order valence-electron chi connectivity index (χ2n) is 2.98. The smallest absolute Gasteiger partial charge is 0.0943 e. The average Bonchev–Trinajstić information content (AvgIpc) is 2.85. The number of thiophene rings is 3. The highest BCUT2D eigenvalue weighted by atomic mass is 32.2. The van der Waals surface area contributed by atoms with Gasteiger partial charge in [-0.1, -0.05) is 11.8 Å². The largest absolute Gasteiger partial charge is 0.133 e. The van der Waals surface area contributed by atoms with Crippen LogP contribution in [0.1, 0.15) is 10.4 Å². The summed E-state index contributed by atoms with van der Waals surface area (Å²) in [5.74, 6) is 5.37. The zero-order chi connectivity index (χ0) is 10.4. The summed E-state index contributed by atoms with van der Waals surface area (Å²) < 4.78 is 3.76. The highest BCUT2D eigenvalue weighted by Gasteiger charge is 2.15. The van der Waals surface area contributed by atoms with Crippen LogP contribution in [0.25, 0.3) is 18.8 Å². The number of fused-ring (bicyclic) bond motifs is 3. The maximum absolute atomic E-state index is 5.50. The molecular formula is C12H4S3. The van der Waals surface area contributed by atoms with Crippen molar-refractivity contribution in [3.63, 3.8) is 0 Å². The van der Waals surface area contributed by atoms with Gasteiger partial charge in [0.25, 0.3) is 0 Å². The third kappa shape index (κ3) is 1.09. The molecule has 70 valence electrons. The van der Waals surface area contributed by atoms with E-state index < -0.39 is 0 Å². The van der Waals surface area contributed by atoms with Crippen LogP contribution in [0.5, 0.6) is 0 Å². The molecule has 0 N–H and O–H groups in total. The lowest BCUT2D eigenvalue weighted by atomic mass is 10.2. The van der Waals surface area contributed by atoms with Crippen molar-refractivity contribution in [3.05, 3.63) is 21.9 Å². The van der Waals surface area contributed by atoms with E-state index in [0.29, 0.717) is 0 Å². The second-order valence-corrected chi connectivity index (χ2v) is 6.19. The molecule has 3 aromatic heterocycles. The standard InChI is InChI=1S/C12H4S3/c1-3-7-9(4-2)14-11-8-5-6-13-12(8)15-10(7)11/h1-2,5-6H. The molecule has 3 heterocycles. The van der Waals surface area contributed by atoms with Crippen molar-refractivity contribution in [1.82, 2.24) is 0 Å². The zero-order valence-electron chi connectivity index (χ0n) is 7.53. The lowest BCUT2D eigenvalue weighted by Gasteiger charge is -1.83. The Balaban J connectivity index is 2.58. The Morgan fingerprint density at radius 2 is 1.93 bits per heavy atom. The predicted octanol–water partition coefficient (Wildman–Crippen LogP) is 4.14. The maximum atomic E-state index is 5.50. The van der Waals surface area contributed by atoms with E-state index in [9.17, 15) is 0 Å². The van der Waals surface area contributed by atoms with Crippen LogP contribution < -0.4 is 0 Å². The third-order valence-corrected chi connectivity index (χ3v) is 5.75. The van der Waals surface area contributed by atoms with E-state index in [2.05, 4.69) is 23.3 Å². The van der Waals surface area contributed by atoms with Gasteiger partial charge >= 0.3 is 0 Å². The molecule has 0 atom stereocenters. The second kappa shape index (κ2) is 3.12. The van der Waals surface area contributed by atoms with Crippen molar-refractivity contribution in [2.45, 2.75) is 0 Å². The van der Waals surface area contributed by atoms with E-state index in [1.807, 2.05) is 0 Å². The minimum absolute atomic E-state index is 0.881. The summed E-state index contributed by atoms with van der Waals surface area (Å²) in [5, 5.41) is 3.40. The average molecular weight is 244 g/mol. The summed E-state index contributed by atoms with van der Waals surface area (Å²) in [6.45, 7) is 0. The van der Waals surface area contributed by atoms with Crippen LogP contribution in [-0.2, 0) is 0 Å². The molecule has 0 unspecified atom stereocenters. The van der Waals surface area contributed by atoms with E-state index in [4.69, 9.17) is 12.8 Å². The van der Waals surface area contributed by atoms with Gasteiger partial charge in [-0.05, 0) is 11.4 Å². The van der Waals surface area contributed by atoms with Crippen molar-refractivity contribution in [1.29, 1.82) is 0 Å². The maximum Gasteiger partial charge on any atom is 0.0943 e. The zero-order valence-corrected chi connectivity index (χ0v) is 9.98. The Hall–Kier alpha value is -1.26. The first kappa shape index (κ1) is 9.00. The molecule has 15 heavy (non-hydrogen) atoms. The Bertz CT molecular complexity index is 737. The Labute approximate surface area is 99.2 Å². The molecule has 0 aliphatic carbocycles. The quantitative estimate of drug-likeness (QED) is 0.521. The molecule has 3 rings (SSSR count). The predicted molar refractivity (Wildman–Crippen MR) is 71.0 cm³/mol. The number of terminal acetylenes is 2. The molecule has 0 amide bonds. The summed E-state index contributed by atoms with van der Waals surface area (Å²) in [7, 11) is 0. The molecule has 0 spiro atoms. The van der Waals surface area contributed by atoms with Gasteiger partial charge in [0.1, 0.15) is 0 Å². The third-order valence-electron chi connectivity index (χ3n) is 2.21. The molecule has 0 aliphatic rings. The molecular weight excluding hydrogens is 240 g/mol. The summed E-state index contributed by atoms with van der Waals surface area (Å²) in [6, 6.07) is 2.13. The Morgan fingerprint density at radius 3 is 2.67 bits per heavy atom. The van der Waals surface area contributed by atoms with Crippen LogP contribution in [0.2, 0.25) is 0 Å². The van der Waals surface area contributed by atoms with Crippen molar-refractivity contribution in [2.75, 3.05) is 0 Å². The lowest BCUT2D eigenvalue weighted by molar-refractivity contribution is 1.91. The van der Waals surface area contributed by atoms with Gasteiger partial charge in [0.2, 0.25) is 0 Å². The summed E-state index contributed by atoms with van der Waals surface area (Å²) in [4.78, 5) is 0.881. The van der Waals surface area contributed by atoms with E-state index >= 15 is 0 Å². The summed E-state index contributed by atoms with van der Waals surface area (Å²) >= 11 is 5.13. The first-order chi connectivity index (χ1) is 7.35. The van der Waals surface area contributed by atoms with Crippen LogP contribution in [0.3, 0.4) is 0 Å².